The van der Waals surface area contributed by atoms with Crippen LogP contribution in [-0.4, -0.2) is 10.1 Å². The molecule has 0 aromatic carbocycles. The maximum absolute atomic E-state index is 9.25. The first-order valence-corrected chi connectivity index (χ1v) is 5.55. The highest BCUT2D eigenvalue weighted by Gasteiger charge is 2.04. The smallest absolute Gasteiger partial charge is 0.161 e. The summed E-state index contributed by atoms with van der Waals surface area (Å²) in [5.41, 5.74) is 0. The van der Waals surface area contributed by atoms with Gasteiger partial charge >= 0.3 is 0 Å². The number of halogens is 3. The Morgan fingerprint density at radius 3 is 2.40 bits per heavy atom. The molecule has 10 heavy (non-hydrogen) atoms. The largest absolute Gasteiger partial charge is 0.504 e. The predicted molar refractivity (Wildman–Crippen MR) is 64.1 cm³/mol. The van der Waals surface area contributed by atoms with Gasteiger partial charge in [0, 0.05) is 0 Å². The number of hydrogen-bond acceptors (Lipinski definition) is 2. The second-order valence-corrected chi connectivity index (χ2v) is 4.86. The molecule has 0 bridgehead atoms. The highest BCUT2D eigenvalue weighted by molar-refractivity contribution is 14.1. The first kappa shape index (κ1) is 9.23. The van der Waals surface area contributed by atoms with E-state index in [0.29, 0.717) is 3.70 Å². The van der Waals surface area contributed by atoms with Crippen LogP contribution in [0.15, 0.2) is 6.07 Å². The third kappa shape index (κ3) is 2.06. The first-order valence-electron chi connectivity index (χ1n) is 2.32. The van der Waals surface area contributed by atoms with Gasteiger partial charge in [-0.05, 0) is 73.8 Å². The minimum Gasteiger partial charge on any atom is -0.504 e. The Hall–Kier alpha value is 1.14. The zero-order valence-electron chi connectivity index (χ0n) is 4.61. The fourth-order valence-electron chi connectivity index (χ4n) is 0.450. The predicted octanol–water partition coefficient (Wildman–Crippen LogP) is 2.60. The highest BCUT2D eigenvalue weighted by Crippen LogP contribution is 2.25. The summed E-state index contributed by atoms with van der Waals surface area (Å²) in [6, 6.07) is 1.83. The van der Waals surface area contributed by atoms with E-state index in [4.69, 9.17) is 0 Å². The summed E-state index contributed by atoms with van der Waals surface area (Å²) >= 11 is 6.20. The van der Waals surface area contributed by atoms with Crippen molar-refractivity contribution in [2.75, 3.05) is 0 Å². The number of aromatic hydroxyl groups is 1. The molecule has 0 atom stereocenters. The fraction of sp³-hybridized carbons (Fsp3) is 0. The topological polar surface area (TPSA) is 33.1 Å². The average molecular weight is 473 g/mol. The van der Waals surface area contributed by atoms with Crippen molar-refractivity contribution in [3.8, 4) is 5.75 Å². The molecule has 2 nitrogen and oxygen atoms in total. The van der Waals surface area contributed by atoms with Crippen LogP contribution in [0, 0.1) is 11.0 Å². The van der Waals surface area contributed by atoms with Crippen LogP contribution in [0.25, 0.3) is 0 Å². The van der Waals surface area contributed by atoms with E-state index >= 15 is 0 Å². The van der Waals surface area contributed by atoms with Crippen molar-refractivity contribution in [2.24, 2.45) is 0 Å². The van der Waals surface area contributed by atoms with Gasteiger partial charge in [-0.15, -0.1) is 0 Å². The van der Waals surface area contributed by atoms with Gasteiger partial charge < -0.3 is 5.11 Å². The van der Waals surface area contributed by atoms with E-state index in [1.165, 1.54) is 0 Å². The first-order chi connectivity index (χ1) is 4.61. The molecule has 1 rings (SSSR count). The monoisotopic (exact) mass is 473 g/mol. The SMILES string of the molecule is Oc1c(I)cc(I)nc1I. The number of aromatic nitrogens is 1. The maximum atomic E-state index is 9.25. The van der Waals surface area contributed by atoms with E-state index in [1.807, 2.05) is 28.7 Å². The molecule has 54 valence electrons. The Kier molecular flexibility index (Phi) is 3.41. The molecule has 0 saturated carbocycles. The van der Waals surface area contributed by atoms with Crippen LogP contribution in [-0.2, 0) is 0 Å². The Balaban J connectivity index is 3.31. The maximum Gasteiger partial charge on any atom is 0.161 e. The van der Waals surface area contributed by atoms with Gasteiger partial charge in [-0.2, -0.15) is 0 Å². The molecule has 0 fully saturated rings. The molecule has 1 aromatic heterocycles. The molecular formula is C5H2I3NO. The average Bonchev–Trinajstić information content (AvgIpc) is 1.82. The molecule has 0 radical (unpaired) electrons. The molecule has 0 aliphatic heterocycles. The second-order valence-electron chi connectivity index (χ2n) is 1.57. The third-order valence-electron chi connectivity index (χ3n) is 0.872. The summed E-state index contributed by atoms with van der Waals surface area (Å²) in [6.45, 7) is 0. The van der Waals surface area contributed by atoms with Gasteiger partial charge in [0.05, 0.1) is 3.57 Å². The zero-order chi connectivity index (χ0) is 7.72. The molecule has 0 amide bonds. The van der Waals surface area contributed by atoms with Gasteiger partial charge in [-0.3, -0.25) is 0 Å². The van der Waals surface area contributed by atoms with Crippen molar-refractivity contribution < 1.29 is 5.11 Å². The Bertz CT molecular complexity index is 240. The number of nitrogens with zero attached hydrogens (tertiary/aromatic N) is 1. The molecule has 1 heterocycles. The molecule has 1 aromatic rings. The fourth-order valence-corrected chi connectivity index (χ4v) is 3.68. The minimum absolute atomic E-state index is 0.279. The summed E-state index contributed by atoms with van der Waals surface area (Å²) in [6.07, 6.45) is 0. The van der Waals surface area contributed by atoms with Crippen molar-refractivity contribution in [1.29, 1.82) is 0 Å². The molecule has 0 aliphatic carbocycles. The Labute approximate surface area is 99.2 Å². The van der Waals surface area contributed by atoms with E-state index in [-0.39, 0.29) is 5.75 Å². The van der Waals surface area contributed by atoms with Crippen molar-refractivity contribution in [2.45, 2.75) is 0 Å². The number of pyridine rings is 1. The van der Waals surface area contributed by atoms with E-state index in [2.05, 4.69) is 50.2 Å². The molecular weight excluding hydrogens is 471 g/mol. The Morgan fingerprint density at radius 2 is 1.90 bits per heavy atom. The second kappa shape index (κ2) is 3.70. The quantitative estimate of drug-likeness (QED) is 0.465. The van der Waals surface area contributed by atoms with Gasteiger partial charge in [0.25, 0.3) is 0 Å². The van der Waals surface area contributed by atoms with Gasteiger partial charge in [0.2, 0.25) is 0 Å². The summed E-state index contributed by atoms with van der Waals surface area (Å²) in [4.78, 5) is 4.05. The van der Waals surface area contributed by atoms with Crippen LogP contribution in [0.1, 0.15) is 0 Å². The van der Waals surface area contributed by atoms with Gasteiger partial charge in [-0.1, -0.05) is 0 Å². The summed E-state index contributed by atoms with van der Waals surface area (Å²) in [5, 5.41) is 9.25. The number of rotatable bonds is 0. The zero-order valence-corrected chi connectivity index (χ0v) is 11.1. The van der Waals surface area contributed by atoms with Crippen LogP contribution >= 0.6 is 67.8 Å². The van der Waals surface area contributed by atoms with Gasteiger partial charge in [0.1, 0.15) is 7.40 Å². The molecule has 0 unspecified atom stereocenters. The van der Waals surface area contributed by atoms with E-state index in [9.17, 15) is 5.11 Å². The lowest BCUT2D eigenvalue weighted by Crippen LogP contribution is -1.87. The lowest BCUT2D eigenvalue weighted by atomic mass is 10.5. The van der Waals surface area contributed by atoms with Crippen LogP contribution in [0.3, 0.4) is 0 Å². The van der Waals surface area contributed by atoms with Crippen LogP contribution < -0.4 is 0 Å². The number of hydrogen-bond donors (Lipinski definition) is 1. The van der Waals surface area contributed by atoms with Crippen molar-refractivity contribution in [3.63, 3.8) is 0 Å². The van der Waals surface area contributed by atoms with Gasteiger partial charge in [0.15, 0.2) is 5.75 Å². The molecule has 5 heteroatoms. The van der Waals surface area contributed by atoms with Gasteiger partial charge in [-0.25, -0.2) is 4.98 Å². The van der Waals surface area contributed by atoms with Crippen molar-refractivity contribution in [3.05, 3.63) is 17.0 Å². The lowest BCUT2D eigenvalue weighted by Gasteiger charge is -1.98. The molecule has 0 aliphatic rings. The minimum atomic E-state index is 0.279. The van der Waals surface area contributed by atoms with E-state index < -0.39 is 0 Å². The molecule has 1 N–H and O–H groups in total. The molecule has 0 saturated heterocycles. The Morgan fingerprint density at radius 1 is 1.30 bits per heavy atom. The van der Waals surface area contributed by atoms with Crippen molar-refractivity contribution in [1.82, 2.24) is 4.98 Å². The normalized spacial score (nSPS) is 9.90. The van der Waals surface area contributed by atoms with Crippen molar-refractivity contribution >= 4 is 67.8 Å². The third-order valence-corrected chi connectivity index (χ3v) is 3.00. The summed E-state index contributed by atoms with van der Waals surface area (Å²) in [7, 11) is 0. The molecule has 0 spiro atoms. The lowest BCUT2D eigenvalue weighted by molar-refractivity contribution is 0.463. The van der Waals surface area contributed by atoms with Crippen LogP contribution in [0.4, 0.5) is 0 Å². The van der Waals surface area contributed by atoms with E-state index in [1.54, 1.807) is 0 Å². The summed E-state index contributed by atoms with van der Waals surface area (Å²) in [5.74, 6) is 0.279. The highest BCUT2D eigenvalue weighted by atomic mass is 127. The van der Waals surface area contributed by atoms with Crippen LogP contribution in [0.5, 0.6) is 5.75 Å². The standard InChI is InChI=1S/C5H2I3NO/c6-2-1-3(7)9-5(8)4(2)10/h1,10H. The summed E-state index contributed by atoms with van der Waals surface area (Å²) < 4.78 is 2.42. The van der Waals surface area contributed by atoms with Crippen LogP contribution in [0.2, 0.25) is 0 Å². The van der Waals surface area contributed by atoms with E-state index in [0.717, 1.165) is 7.27 Å².